The molecular formula is C16H23FN2O5. The molecule has 0 spiro atoms. The molecule has 1 unspecified atom stereocenters. The van der Waals surface area contributed by atoms with E-state index in [1.807, 2.05) is 11.9 Å². The number of rotatable bonds is 5. The Kier molecular flexibility index (Phi) is 8.92. The first-order valence-electron chi connectivity index (χ1n) is 7.55. The van der Waals surface area contributed by atoms with Crippen molar-refractivity contribution in [3.8, 4) is 0 Å². The molecule has 1 saturated heterocycles. The lowest BCUT2D eigenvalue weighted by atomic mass is 10.1. The molecule has 1 aromatic carbocycles. The fourth-order valence-corrected chi connectivity index (χ4v) is 2.48. The maximum Gasteiger partial charge on any atom is 0.290 e. The minimum Gasteiger partial charge on any atom is -0.483 e. The van der Waals surface area contributed by atoms with Crippen LogP contribution in [0.5, 0.6) is 0 Å². The first-order valence-corrected chi connectivity index (χ1v) is 7.55. The number of ether oxygens (including phenoxy) is 1. The number of hydrogen-bond donors (Lipinski definition) is 2. The van der Waals surface area contributed by atoms with Crippen molar-refractivity contribution >= 4 is 12.4 Å². The van der Waals surface area contributed by atoms with Gasteiger partial charge in [-0.25, -0.2) is 4.39 Å². The summed E-state index contributed by atoms with van der Waals surface area (Å²) in [5, 5.41) is 15.8. The summed E-state index contributed by atoms with van der Waals surface area (Å²) in [5.74, 6) is -0.594. The second-order valence-corrected chi connectivity index (χ2v) is 5.33. The Morgan fingerprint density at radius 1 is 1.54 bits per heavy atom. The predicted molar refractivity (Wildman–Crippen MR) is 85.3 cm³/mol. The minimum absolute atomic E-state index is 0.0713. The van der Waals surface area contributed by atoms with E-state index in [9.17, 15) is 9.18 Å². The molecule has 1 aromatic rings. The zero-order valence-corrected chi connectivity index (χ0v) is 13.6. The van der Waals surface area contributed by atoms with Crippen LogP contribution < -0.4 is 0 Å². The van der Waals surface area contributed by atoms with Crippen molar-refractivity contribution in [3.05, 3.63) is 35.6 Å². The second kappa shape index (κ2) is 10.7. The number of aliphatic hydroxyl groups is 1. The Bertz CT molecular complexity index is 529. The number of hydrogen-bond acceptors (Lipinski definition) is 5. The van der Waals surface area contributed by atoms with Gasteiger partial charge in [0.05, 0.1) is 25.9 Å². The molecule has 2 N–H and O–H groups in total. The molecule has 7 nitrogen and oxygen atoms in total. The van der Waals surface area contributed by atoms with Crippen molar-refractivity contribution in [2.24, 2.45) is 0 Å². The standard InChI is InChI=1S/C15H21FN2O3.CH2O2/c1-17(5-7-19)10-14-11-21-8-6-18(14)15(20)12-3-2-4-13(16)9-12;2-1-3/h2-4,9,14,19H,5-8,10-11H2,1H3;1H,(H,2,3). The average Bonchev–Trinajstić information content (AvgIpc) is 2.56. The first kappa shape index (κ1) is 20.0. The van der Waals surface area contributed by atoms with Gasteiger partial charge in [-0.05, 0) is 25.2 Å². The Morgan fingerprint density at radius 2 is 2.25 bits per heavy atom. The summed E-state index contributed by atoms with van der Waals surface area (Å²) in [4.78, 5) is 24.6. The first-order chi connectivity index (χ1) is 11.5. The summed E-state index contributed by atoms with van der Waals surface area (Å²) >= 11 is 0. The highest BCUT2D eigenvalue weighted by molar-refractivity contribution is 5.94. The van der Waals surface area contributed by atoms with Gasteiger partial charge in [0.25, 0.3) is 12.4 Å². The number of nitrogens with zero attached hydrogens (tertiary/aromatic N) is 2. The van der Waals surface area contributed by atoms with Crippen molar-refractivity contribution in [2.45, 2.75) is 6.04 Å². The van der Waals surface area contributed by atoms with Gasteiger partial charge in [0.2, 0.25) is 0 Å². The molecule has 0 aliphatic carbocycles. The Labute approximate surface area is 140 Å². The molecular weight excluding hydrogens is 319 g/mol. The van der Waals surface area contributed by atoms with Crippen LogP contribution in [0.2, 0.25) is 0 Å². The van der Waals surface area contributed by atoms with Crippen LogP contribution >= 0.6 is 0 Å². The van der Waals surface area contributed by atoms with Gasteiger partial charge < -0.3 is 24.7 Å². The number of benzene rings is 1. The zero-order chi connectivity index (χ0) is 17.9. The summed E-state index contributed by atoms with van der Waals surface area (Å²) < 4.78 is 18.7. The normalized spacial score (nSPS) is 17.2. The number of carbonyl (C=O) groups is 2. The Morgan fingerprint density at radius 3 is 2.88 bits per heavy atom. The lowest BCUT2D eigenvalue weighted by Gasteiger charge is -2.37. The molecule has 2 rings (SSSR count). The highest BCUT2D eigenvalue weighted by Crippen LogP contribution is 2.14. The van der Waals surface area contributed by atoms with Gasteiger partial charge >= 0.3 is 0 Å². The van der Waals surface area contributed by atoms with E-state index in [1.54, 1.807) is 11.0 Å². The molecule has 0 radical (unpaired) electrons. The third-order valence-electron chi connectivity index (χ3n) is 3.56. The number of carboxylic acid groups (broad SMARTS) is 1. The van der Waals surface area contributed by atoms with Crippen LogP contribution in [0.15, 0.2) is 24.3 Å². The molecule has 1 atom stereocenters. The molecule has 134 valence electrons. The highest BCUT2D eigenvalue weighted by Gasteiger charge is 2.29. The predicted octanol–water partition coefficient (Wildman–Crippen LogP) is 0.292. The van der Waals surface area contributed by atoms with Crippen molar-refractivity contribution in [2.75, 3.05) is 46.5 Å². The zero-order valence-electron chi connectivity index (χ0n) is 13.6. The van der Waals surface area contributed by atoms with Crippen molar-refractivity contribution in [3.63, 3.8) is 0 Å². The monoisotopic (exact) mass is 342 g/mol. The third-order valence-corrected chi connectivity index (χ3v) is 3.56. The van der Waals surface area contributed by atoms with E-state index in [0.29, 0.717) is 38.4 Å². The van der Waals surface area contributed by atoms with Gasteiger partial charge in [0.15, 0.2) is 0 Å². The topological polar surface area (TPSA) is 90.3 Å². The van der Waals surface area contributed by atoms with E-state index in [0.717, 1.165) is 0 Å². The van der Waals surface area contributed by atoms with Gasteiger partial charge in [0, 0.05) is 25.2 Å². The molecule has 1 amide bonds. The lowest BCUT2D eigenvalue weighted by molar-refractivity contribution is -0.122. The van der Waals surface area contributed by atoms with Crippen LogP contribution in [0, 0.1) is 5.82 Å². The maximum absolute atomic E-state index is 13.3. The Hall–Kier alpha value is -2.03. The van der Waals surface area contributed by atoms with Crippen molar-refractivity contribution in [1.29, 1.82) is 0 Å². The van der Waals surface area contributed by atoms with Crippen LogP contribution in [0.3, 0.4) is 0 Å². The summed E-state index contributed by atoms with van der Waals surface area (Å²) in [5.41, 5.74) is 0.353. The fraction of sp³-hybridized carbons (Fsp3) is 0.500. The second-order valence-electron chi connectivity index (χ2n) is 5.33. The van der Waals surface area contributed by atoms with E-state index >= 15 is 0 Å². The summed E-state index contributed by atoms with van der Waals surface area (Å²) in [6.07, 6.45) is 0. The van der Waals surface area contributed by atoms with Gasteiger partial charge in [-0.15, -0.1) is 0 Å². The van der Waals surface area contributed by atoms with Crippen LogP contribution in [-0.4, -0.2) is 84.9 Å². The van der Waals surface area contributed by atoms with E-state index in [2.05, 4.69) is 0 Å². The van der Waals surface area contributed by atoms with Crippen LogP contribution in [0.25, 0.3) is 0 Å². The fourth-order valence-electron chi connectivity index (χ4n) is 2.48. The van der Waals surface area contributed by atoms with Crippen LogP contribution in [-0.2, 0) is 9.53 Å². The maximum atomic E-state index is 13.3. The van der Waals surface area contributed by atoms with Gasteiger partial charge in [-0.1, -0.05) is 6.07 Å². The number of carbonyl (C=O) groups excluding carboxylic acids is 1. The molecule has 0 saturated carbocycles. The molecule has 24 heavy (non-hydrogen) atoms. The number of likely N-dealkylation sites (N-methyl/N-ethyl adjacent to an activating group) is 1. The van der Waals surface area contributed by atoms with E-state index in [-0.39, 0.29) is 25.0 Å². The van der Waals surface area contributed by atoms with E-state index < -0.39 is 5.82 Å². The third kappa shape index (κ3) is 6.23. The SMILES string of the molecule is CN(CCO)CC1COCCN1C(=O)c1cccc(F)c1.O=CO. The molecule has 1 fully saturated rings. The Balaban J connectivity index is 0.000000891. The smallest absolute Gasteiger partial charge is 0.290 e. The largest absolute Gasteiger partial charge is 0.483 e. The van der Waals surface area contributed by atoms with E-state index in [1.165, 1.54) is 18.2 Å². The molecule has 1 heterocycles. The van der Waals surface area contributed by atoms with Gasteiger partial charge in [-0.2, -0.15) is 0 Å². The number of morpholine rings is 1. The lowest BCUT2D eigenvalue weighted by Crippen LogP contribution is -2.53. The van der Waals surface area contributed by atoms with Gasteiger partial charge in [-0.3, -0.25) is 9.59 Å². The molecule has 1 aliphatic heterocycles. The highest BCUT2D eigenvalue weighted by atomic mass is 19.1. The van der Waals surface area contributed by atoms with Crippen molar-refractivity contribution < 1.29 is 28.9 Å². The summed E-state index contributed by atoms with van der Waals surface area (Å²) in [6, 6.07) is 5.64. The molecule has 8 heteroatoms. The van der Waals surface area contributed by atoms with Gasteiger partial charge in [0.1, 0.15) is 5.82 Å². The number of halogens is 1. The van der Waals surface area contributed by atoms with Crippen molar-refractivity contribution in [1.82, 2.24) is 9.80 Å². The van der Waals surface area contributed by atoms with Crippen LogP contribution in [0.1, 0.15) is 10.4 Å². The molecule has 1 aliphatic rings. The average molecular weight is 342 g/mol. The van der Waals surface area contributed by atoms with Crippen LogP contribution in [0.4, 0.5) is 4.39 Å². The summed E-state index contributed by atoms with van der Waals surface area (Å²) in [7, 11) is 1.88. The molecule has 0 bridgehead atoms. The van der Waals surface area contributed by atoms with E-state index in [4.69, 9.17) is 19.7 Å². The minimum atomic E-state index is -0.414. The number of amides is 1. The quantitative estimate of drug-likeness (QED) is 0.748. The molecule has 0 aromatic heterocycles. The number of aliphatic hydroxyl groups excluding tert-OH is 1. The summed E-state index contributed by atoms with van der Waals surface area (Å²) in [6.45, 7) is 2.41.